The summed E-state index contributed by atoms with van der Waals surface area (Å²) in [4.78, 5) is 14.5. The van der Waals surface area contributed by atoms with Crippen molar-refractivity contribution in [2.75, 3.05) is 26.8 Å². The van der Waals surface area contributed by atoms with Gasteiger partial charge in [0.2, 0.25) is 0 Å². The highest BCUT2D eigenvalue weighted by molar-refractivity contribution is 9.10. The quantitative estimate of drug-likeness (QED) is 0.685. The van der Waals surface area contributed by atoms with Gasteiger partial charge in [0.05, 0.1) is 13.2 Å². The second kappa shape index (κ2) is 8.46. The summed E-state index contributed by atoms with van der Waals surface area (Å²) in [5, 5.41) is 0. The van der Waals surface area contributed by atoms with E-state index in [0.717, 1.165) is 23.0 Å². The normalized spacial score (nSPS) is 12.7. The van der Waals surface area contributed by atoms with Crippen LogP contribution in [-0.2, 0) is 4.74 Å². The predicted octanol–water partition coefficient (Wildman–Crippen LogP) is 3.38. The molecule has 19 heavy (non-hydrogen) atoms. The number of ether oxygens (including phenoxy) is 1. The number of benzene rings is 1. The maximum Gasteiger partial charge on any atom is 0.177 e. The van der Waals surface area contributed by atoms with Crippen molar-refractivity contribution in [1.29, 1.82) is 0 Å². The summed E-state index contributed by atoms with van der Waals surface area (Å²) in [5.41, 5.74) is 0.744. The minimum atomic E-state index is 0.142. The van der Waals surface area contributed by atoms with Gasteiger partial charge in [-0.1, -0.05) is 41.1 Å². The Kier molecular flexibility index (Phi) is 7.28. The molecule has 0 heterocycles. The minimum Gasteiger partial charge on any atom is -0.383 e. The van der Waals surface area contributed by atoms with Crippen molar-refractivity contribution in [3.63, 3.8) is 0 Å². The van der Waals surface area contributed by atoms with Crippen molar-refractivity contribution in [2.24, 2.45) is 0 Å². The molecular formula is C15H22BrNO2. The van der Waals surface area contributed by atoms with Crippen molar-refractivity contribution >= 4 is 21.7 Å². The second-order valence-corrected chi connectivity index (χ2v) is 5.48. The van der Waals surface area contributed by atoms with E-state index in [9.17, 15) is 4.79 Å². The Hall–Kier alpha value is -0.710. The van der Waals surface area contributed by atoms with Crippen LogP contribution in [-0.4, -0.2) is 43.5 Å². The van der Waals surface area contributed by atoms with Gasteiger partial charge in [-0.05, 0) is 19.4 Å². The van der Waals surface area contributed by atoms with Crippen LogP contribution in [0.4, 0.5) is 0 Å². The van der Waals surface area contributed by atoms with Crippen LogP contribution >= 0.6 is 15.9 Å². The van der Waals surface area contributed by atoms with Gasteiger partial charge in [-0.15, -0.1) is 0 Å². The maximum atomic E-state index is 12.3. The van der Waals surface area contributed by atoms with E-state index in [0.29, 0.717) is 19.2 Å². The monoisotopic (exact) mass is 327 g/mol. The number of carbonyl (C=O) groups is 1. The van der Waals surface area contributed by atoms with Gasteiger partial charge in [0, 0.05) is 29.7 Å². The highest BCUT2D eigenvalue weighted by Gasteiger charge is 2.18. The number of halogens is 1. The Morgan fingerprint density at radius 2 is 2.11 bits per heavy atom. The Balaban J connectivity index is 2.73. The predicted molar refractivity (Wildman–Crippen MR) is 81.7 cm³/mol. The van der Waals surface area contributed by atoms with Crippen molar-refractivity contribution < 1.29 is 9.53 Å². The summed E-state index contributed by atoms with van der Waals surface area (Å²) < 4.78 is 5.97. The van der Waals surface area contributed by atoms with Gasteiger partial charge < -0.3 is 4.74 Å². The Morgan fingerprint density at radius 3 is 2.68 bits per heavy atom. The smallest absolute Gasteiger partial charge is 0.177 e. The molecule has 1 aromatic carbocycles. The van der Waals surface area contributed by atoms with Crippen LogP contribution in [0.3, 0.4) is 0 Å². The number of nitrogens with zero attached hydrogens (tertiary/aromatic N) is 1. The summed E-state index contributed by atoms with van der Waals surface area (Å²) in [6, 6.07) is 7.94. The molecule has 1 aromatic rings. The number of hydrogen-bond acceptors (Lipinski definition) is 3. The summed E-state index contributed by atoms with van der Waals surface area (Å²) >= 11 is 3.43. The lowest BCUT2D eigenvalue weighted by Crippen LogP contribution is -2.39. The molecule has 1 unspecified atom stereocenters. The summed E-state index contributed by atoms with van der Waals surface area (Å²) in [7, 11) is 1.68. The molecule has 0 bridgehead atoms. The zero-order valence-electron chi connectivity index (χ0n) is 11.9. The third-order valence-corrected chi connectivity index (χ3v) is 4.01. The maximum absolute atomic E-state index is 12.3. The SMILES string of the molecule is CCC(C)N(CCOC)CC(=O)c1ccccc1Br. The molecule has 0 saturated heterocycles. The van der Waals surface area contributed by atoms with Crippen molar-refractivity contribution in [3.05, 3.63) is 34.3 Å². The molecule has 1 atom stereocenters. The molecule has 4 heteroatoms. The first-order valence-electron chi connectivity index (χ1n) is 6.60. The van der Waals surface area contributed by atoms with E-state index < -0.39 is 0 Å². The molecule has 3 nitrogen and oxygen atoms in total. The average Bonchev–Trinajstić information content (AvgIpc) is 2.42. The molecule has 0 saturated carbocycles. The standard InChI is InChI=1S/C15H22BrNO2/c1-4-12(2)17(9-10-19-3)11-15(18)13-7-5-6-8-14(13)16/h5-8,12H,4,9-11H2,1-3H3. The molecule has 0 N–H and O–H groups in total. The van der Waals surface area contributed by atoms with Crippen LogP contribution in [0.15, 0.2) is 28.7 Å². The number of Topliss-reactive ketones (excluding diaryl/α,β-unsaturated/α-hetero) is 1. The van der Waals surface area contributed by atoms with Crippen LogP contribution in [0.25, 0.3) is 0 Å². The zero-order chi connectivity index (χ0) is 14.3. The Morgan fingerprint density at radius 1 is 1.42 bits per heavy atom. The molecule has 0 aromatic heterocycles. The van der Waals surface area contributed by atoms with E-state index >= 15 is 0 Å². The molecule has 0 fully saturated rings. The number of rotatable bonds is 8. The summed E-state index contributed by atoms with van der Waals surface area (Å²) in [6.45, 7) is 6.13. The third-order valence-electron chi connectivity index (χ3n) is 3.32. The molecule has 106 valence electrons. The minimum absolute atomic E-state index is 0.142. The molecular weight excluding hydrogens is 306 g/mol. The average molecular weight is 328 g/mol. The van der Waals surface area contributed by atoms with Crippen LogP contribution in [0, 0.1) is 0 Å². The van der Waals surface area contributed by atoms with Gasteiger partial charge in [0.15, 0.2) is 5.78 Å². The van der Waals surface area contributed by atoms with Crippen molar-refractivity contribution in [1.82, 2.24) is 4.90 Å². The fourth-order valence-electron chi connectivity index (χ4n) is 1.88. The lowest BCUT2D eigenvalue weighted by Gasteiger charge is -2.27. The van der Waals surface area contributed by atoms with E-state index in [2.05, 4.69) is 34.7 Å². The van der Waals surface area contributed by atoms with Gasteiger partial charge in [0.25, 0.3) is 0 Å². The van der Waals surface area contributed by atoms with E-state index in [1.165, 1.54) is 0 Å². The van der Waals surface area contributed by atoms with E-state index in [-0.39, 0.29) is 5.78 Å². The fourth-order valence-corrected chi connectivity index (χ4v) is 2.38. The molecule has 0 aliphatic carbocycles. The van der Waals surface area contributed by atoms with Crippen molar-refractivity contribution in [2.45, 2.75) is 26.3 Å². The summed E-state index contributed by atoms with van der Waals surface area (Å²) in [5.74, 6) is 0.142. The second-order valence-electron chi connectivity index (χ2n) is 4.62. The molecule has 0 radical (unpaired) electrons. The molecule has 1 rings (SSSR count). The van der Waals surface area contributed by atoms with E-state index in [1.54, 1.807) is 7.11 Å². The van der Waals surface area contributed by atoms with E-state index in [4.69, 9.17) is 4.74 Å². The highest BCUT2D eigenvalue weighted by atomic mass is 79.9. The fraction of sp³-hybridized carbons (Fsp3) is 0.533. The van der Waals surface area contributed by atoms with Crippen molar-refractivity contribution in [3.8, 4) is 0 Å². The van der Waals surface area contributed by atoms with Crippen LogP contribution in [0.1, 0.15) is 30.6 Å². The molecule has 0 spiro atoms. The first kappa shape index (κ1) is 16.3. The molecule has 0 aliphatic heterocycles. The van der Waals surface area contributed by atoms with Gasteiger partial charge in [-0.2, -0.15) is 0 Å². The van der Waals surface area contributed by atoms with Gasteiger partial charge in [-0.25, -0.2) is 0 Å². The van der Waals surface area contributed by atoms with E-state index in [1.807, 2.05) is 24.3 Å². The van der Waals surface area contributed by atoms with Gasteiger partial charge in [0.1, 0.15) is 0 Å². The number of ketones is 1. The lowest BCUT2D eigenvalue weighted by atomic mass is 10.1. The third kappa shape index (κ3) is 5.05. The first-order chi connectivity index (χ1) is 9.10. The number of methoxy groups -OCH3 is 1. The highest BCUT2D eigenvalue weighted by Crippen LogP contribution is 2.17. The Bertz CT molecular complexity index is 409. The number of carbonyl (C=O) groups excluding carboxylic acids is 1. The summed E-state index contributed by atoms with van der Waals surface area (Å²) in [6.07, 6.45) is 1.02. The molecule has 0 amide bonds. The van der Waals surface area contributed by atoms with Crippen LogP contribution in [0.2, 0.25) is 0 Å². The number of hydrogen-bond donors (Lipinski definition) is 0. The molecule has 0 aliphatic rings. The largest absolute Gasteiger partial charge is 0.383 e. The zero-order valence-corrected chi connectivity index (χ0v) is 13.4. The van der Waals surface area contributed by atoms with Crippen LogP contribution < -0.4 is 0 Å². The Labute approximate surface area is 124 Å². The van der Waals surface area contributed by atoms with Gasteiger partial charge in [-0.3, -0.25) is 9.69 Å². The lowest BCUT2D eigenvalue weighted by molar-refractivity contribution is 0.0833. The topological polar surface area (TPSA) is 29.5 Å². The van der Waals surface area contributed by atoms with Crippen LogP contribution in [0.5, 0.6) is 0 Å². The van der Waals surface area contributed by atoms with Gasteiger partial charge >= 0.3 is 0 Å². The first-order valence-corrected chi connectivity index (χ1v) is 7.40.